The highest BCUT2D eigenvalue weighted by Gasteiger charge is 2.19. The first-order valence-corrected chi connectivity index (χ1v) is 6.57. The minimum Gasteiger partial charge on any atom is -0.493 e. The van der Waals surface area contributed by atoms with Crippen LogP contribution in [0.15, 0.2) is 11.1 Å². The first kappa shape index (κ1) is 11.4. The number of ether oxygens (including phenoxy) is 1. The van der Waals surface area contributed by atoms with Gasteiger partial charge in [-0.3, -0.25) is 4.99 Å². The number of nitrogens with one attached hydrogen (secondary N) is 2. The lowest BCUT2D eigenvalue weighted by Crippen LogP contribution is -2.27. The number of fused-ring (bicyclic) bond motifs is 1. The number of guanidine groups is 1. The third-order valence-electron chi connectivity index (χ3n) is 3.60. The van der Waals surface area contributed by atoms with Gasteiger partial charge in [-0.15, -0.1) is 0 Å². The largest absolute Gasteiger partial charge is 0.493 e. The molecule has 2 heterocycles. The van der Waals surface area contributed by atoms with E-state index in [1.165, 1.54) is 16.7 Å². The second kappa shape index (κ2) is 4.52. The maximum absolute atomic E-state index is 5.84. The van der Waals surface area contributed by atoms with Gasteiger partial charge in [-0.1, -0.05) is 0 Å². The average Bonchev–Trinajstić information content (AvgIpc) is 2.89. The number of anilines is 1. The van der Waals surface area contributed by atoms with Gasteiger partial charge in [-0.2, -0.15) is 0 Å². The summed E-state index contributed by atoms with van der Waals surface area (Å²) in [5.41, 5.74) is 4.95. The Morgan fingerprint density at radius 1 is 1.39 bits per heavy atom. The molecule has 96 valence electrons. The summed E-state index contributed by atoms with van der Waals surface area (Å²) in [6.45, 7) is 6.86. The second-order valence-corrected chi connectivity index (χ2v) is 4.91. The van der Waals surface area contributed by atoms with Crippen LogP contribution >= 0.6 is 0 Å². The van der Waals surface area contributed by atoms with Gasteiger partial charge in [0.25, 0.3) is 0 Å². The molecule has 0 radical (unpaired) electrons. The summed E-state index contributed by atoms with van der Waals surface area (Å²) in [6, 6.07) is 2.20. The van der Waals surface area contributed by atoms with Crippen molar-refractivity contribution in [3.63, 3.8) is 0 Å². The molecule has 4 heteroatoms. The van der Waals surface area contributed by atoms with Crippen LogP contribution in [0.5, 0.6) is 5.75 Å². The van der Waals surface area contributed by atoms with E-state index in [1.807, 2.05) is 0 Å². The van der Waals surface area contributed by atoms with Gasteiger partial charge in [0.05, 0.1) is 13.2 Å². The minimum absolute atomic E-state index is 0.829. The maximum atomic E-state index is 5.84. The summed E-state index contributed by atoms with van der Waals surface area (Å²) in [6.07, 6.45) is 2.25. The fourth-order valence-corrected chi connectivity index (χ4v) is 2.61. The Balaban J connectivity index is 1.97. The van der Waals surface area contributed by atoms with Gasteiger partial charge in [-0.25, -0.2) is 0 Å². The fraction of sp³-hybridized carbons (Fsp3) is 0.500. The van der Waals surface area contributed by atoms with Crippen molar-refractivity contribution in [3.8, 4) is 5.75 Å². The van der Waals surface area contributed by atoms with Crippen LogP contribution in [-0.2, 0) is 6.42 Å². The summed E-state index contributed by atoms with van der Waals surface area (Å²) in [5, 5.41) is 6.59. The number of hydrogen-bond acceptors (Lipinski definition) is 4. The summed E-state index contributed by atoms with van der Waals surface area (Å²) in [4.78, 5) is 4.37. The van der Waals surface area contributed by atoms with E-state index in [-0.39, 0.29) is 0 Å². The molecule has 0 fully saturated rings. The third kappa shape index (κ3) is 1.92. The average molecular weight is 245 g/mol. The molecule has 0 atom stereocenters. The Morgan fingerprint density at radius 3 is 3.06 bits per heavy atom. The highest BCUT2D eigenvalue weighted by atomic mass is 16.5. The van der Waals surface area contributed by atoms with E-state index in [2.05, 4.69) is 35.5 Å². The highest BCUT2D eigenvalue weighted by Crippen LogP contribution is 2.36. The van der Waals surface area contributed by atoms with Crippen LogP contribution in [0.4, 0.5) is 5.69 Å². The van der Waals surface area contributed by atoms with Crippen molar-refractivity contribution in [2.75, 3.05) is 25.0 Å². The Bertz CT molecular complexity index is 508. The molecule has 1 aromatic carbocycles. The summed E-state index contributed by atoms with van der Waals surface area (Å²) < 4.78 is 5.84. The third-order valence-corrected chi connectivity index (χ3v) is 3.60. The predicted molar refractivity (Wildman–Crippen MR) is 73.7 cm³/mol. The highest BCUT2D eigenvalue weighted by molar-refractivity contribution is 5.95. The molecule has 1 aromatic rings. The van der Waals surface area contributed by atoms with Crippen LogP contribution in [0.3, 0.4) is 0 Å². The van der Waals surface area contributed by atoms with E-state index in [4.69, 9.17) is 4.74 Å². The molecule has 0 aliphatic carbocycles. The normalized spacial score (nSPS) is 17.6. The van der Waals surface area contributed by atoms with Crippen molar-refractivity contribution in [1.29, 1.82) is 0 Å². The molecule has 0 saturated heterocycles. The number of aliphatic imine (C=N–C) groups is 1. The van der Waals surface area contributed by atoms with E-state index < -0.39 is 0 Å². The minimum atomic E-state index is 0.829. The number of aryl methyl sites for hydroxylation is 1. The van der Waals surface area contributed by atoms with E-state index in [0.29, 0.717) is 0 Å². The Labute approximate surface area is 107 Å². The van der Waals surface area contributed by atoms with E-state index in [9.17, 15) is 0 Å². The smallest absolute Gasteiger partial charge is 0.195 e. The fourth-order valence-electron chi connectivity index (χ4n) is 2.61. The van der Waals surface area contributed by atoms with Gasteiger partial charge >= 0.3 is 0 Å². The molecule has 2 aliphatic heterocycles. The first-order valence-electron chi connectivity index (χ1n) is 6.57. The van der Waals surface area contributed by atoms with Crippen LogP contribution in [0.1, 0.15) is 23.1 Å². The number of benzene rings is 1. The van der Waals surface area contributed by atoms with Gasteiger partial charge in [0.2, 0.25) is 0 Å². The lowest BCUT2D eigenvalue weighted by Gasteiger charge is -2.23. The van der Waals surface area contributed by atoms with E-state index in [1.54, 1.807) is 0 Å². The van der Waals surface area contributed by atoms with Crippen molar-refractivity contribution in [1.82, 2.24) is 5.32 Å². The molecule has 0 spiro atoms. The van der Waals surface area contributed by atoms with Gasteiger partial charge in [0.1, 0.15) is 5.75 Å². The number of nitrogens with zero attached hydrogens (tertiary/aromatic N) is 1. The van der Waals surface area contributed by atoms with Crippen LogP contribution in [0.25, 0.3) is 0 Å². The van der Waals surface area contributed by atoms with Crippen molar-refractivity contribution in [2.24, 2.45) is 4.99 Å². The van der Waals surface area contributed by atoms with Crippen molar-refractivity contribution >= 4 is 11.6 Å². The standard InChI is InChI=1S/C14H19N3O/c1-9-8-12(17-14-15-5-6-16-14)10(2)13-11(9)4-3-7-18-13/h8H,3-7H2,1-2H3,(H2,15,16,17). The second-order valence-electron chi connectivity index (χ2n) is 4.91. The number of rotatable bonds is 1. The monoisotopic (exact) mass is 245 g/mol. The first-order chi connectivity index (χ1) is 8.75. The SMILES string of the molecule is Cc1cc(NC2=NCCN2)c(C)c2c1CCCO2. The van der Waals surface area contributed by atoms with Gasteiger partial charge in [0.15, 0.2) is 5.96 Å². The molecule has 4 nitrogen and oxygen atoms in total. The molecule has 0 unspecified atom stereocenters. The molecule has 3 rings (SSSR count). The molecule has 2 N–H and O–H groups in total. The predicted octanol–water partition coefficient (Wildman–Crippen LogP) is 2.00. The van der Waals surface area contributed by atoms with Crippen LogP contribution < -0.4 is 15.4 Å². The van der Waals surface area contributed by atoms with Crippen LogP contribution in [0.2, 0.25) is 0 Å². The van der Waals surface area contributed by atoms with Crippen molar-refractivity contribution in [3.05, 3.63) is 22.8 Å². The number of hydrogen-bond donors (Lipinski definition) is 2. The lowest BCUT2D eigenvalue weighted by atomic mass is 9.96. The van der Waals surface area contributed by atoms with Gasteiger partial charge < -0.3 is 15.4 Å². The lowest BCUT2D eigenvalue weighted by molar-refractivity contribution is 0.286. The molecule has 2 aliphatic rings. The molecule has 0 aromatic heterocycles. The zero-order valence-corrected chi connectivity index (χ0v) is 11.0. The summed E-state index contributed by atoms with van der Waals surface area (Å²) >= 11 is 0. The van der Waals surface area contributed by atoms with Crippen LogP contribution in [0, 0.1) is 13.8 Å². The van der Waals surface area contributed by atoms with E-state index in [0.717, 1.165) is 49.9 Å². The molecule has 0 saturated carbocycles. The summed E-state index contributed by atoms with van der Waals surface area (Å²) in [7, 11) is 0. The topological polar surface area (TPSA) is 45.7 Å². The molecule has 18 heavy (non-hydrogen) atoms. The Hall–Kier alpha value is -1.71. The van der Waals surface area contributed by atoms with Gasteiger partial charge in [0, 0.05) is 17.8 Å². The summed E-state index contributed by atoms with van der Waals surface area (Å²) in [5.74, 6) is 1.94. The molecular weight excluding hydrogens is 226 g/mol. The maximum Gasteiger partial charge on any atom is 0.195 e. The zero-order valence-electron chi connectivity index (χ0n) is 11.0. The van der Waals surface area contributed by atoms with Gasteiger partial charge in [-0.05, 0) is 43.9 Å². The zero-order chi connectivity index (χ0) is 12.5. The molecule has 0 amide bonds. The van der Waals surface area contributed by atoms with Crippen molar-refractivity contribution < 1.29 is 4.74 Å². The Morgan fingerprint density at radius 2 is 2.28 bits per heavy atom. The van der Waals surface area contributed by atoms with E-state index >= 15 is 0 Å². The Kier molecular flexibility index (Phi) is 2.86. The van der Waals surface area contributed by atoms with Crippen LogP contribution in [-0.4, -0.2) is 25.7 Å². The quantitative estimate of drug-likeness (QED) is 0.795. The molecular formula is C14H19N3O. The molecule has 0 bridgehead atoms. The van der Waals surface area contributed by atoms with Crippen molar-refractivity contribution in [2.45, 2.75) is 26.7 Å².